The molecule has 1 atom stereocenters. The lowest BCUT2D eigenvalue weighted by Crippen LogP contribution is -2.54. The molecule has 2 aromatic rings. The fourth-order valence-electron chi connectivity index (χ4n) is 4.01. The largest absolute Gasteiger partial charge is 0.490 e. The third kappa shape index (κ3) is 4.31. The number of benzene rings is 1. The van der Waals surface area contributed by atoms with E-state index in [0.29, 0.717) is 18.7 Å². The van der Waals surface area contributed by atoms with Crippen LogP contribution in [0.4, 0.5) is 24.7 Å². The molecule has 12 heteroatoms. The highest BCUT2D eigenvalue weighted by atomic mass is 19.4. The Morgan fingerprint density at radius 1 is 1.25 bits per heavy atom. The van der Waals surface area contributed by atoms with Gasteiger partial charge in [0.1, 0.15) is 24.7 Å². The van der Waals surface area contributed by atoms with E-state index in [2.05, 4.69) is 4.98 Å². The highest BCUT2D eigenvalue weighted by molar-refractivity contribution is 5.49. The number of nitro groups is 1. The van der Waals surface area contributed by atoms with Crippen LogP contribution in [0, 0.1) is 10.1 Å². The van der Waals surface area contributed by atoms with Gasteiger partial charge in [0.25, 0.3) is 0 Å². The molecule has 0 N–H and O–H groups in total. The standard InChI is InChI=1S/C20H23F3N4O5/c1-30-19(20(21,22)23)7-10-25(11-8-19)14-2-4-15(5-3-14)31-13-16-6-9-26-12-17(27(28)29)24-18(26)32-16/h2-5,12,16H,6-11,13H2,1H3. The van der Waals surface area contributed by atoms with Gasteiger partial charge in [0.15, 0.2) is 5.60 Å². The van der Waals surface area contributed by atoms with Crippen LogP contribution in [0.1, 0.15) is 19.3 Å². The molecule has 0 radical (unpaired) electrons. The highest BCUT2D eigenvalue weighted by Crippen LogP contribution is 2.42. The first-order valence-electron chi connectivity index (χ1n) is 10.2. The topological polar surface area (TPSA) is 91.9 Å². The zero-order valence-corrected chi connectivity index (χ0v) is 17.4. The van der Waals surface area contributed by atoms with Crippen LogP contribution in [0.3, 0.4) is 0 Å². The van der Waals surface area contributed by atoms with E-state index in [1.165, 1.54) is 6.20 Å². The minimum atomic E-state index is -4.39. The molecule has 1 unspecified atom stereocenters. The number of halogens is 3. The second-order valence-corrected chi connectivity index (χ2v) is 7.85. The number of methoxy groups -OCH3 is 1. The molecule has 4 rings (SSSR count). The molecule has 32 heavy (non-hydrogen) atoms. The number of nitrogens with zero attached hydrogens (tertiary/aromatic N) is 4. The SMILES string of the molecule is COC1(C(F)(F)F)CCN(c2ccc(OCC3CCn4cc([N+](=O)[O-])nc4O3)cc2)CC1. The Morgan fingerprint density at radius 2 is 1.94 bits per heavy atom. The highest BCUT2D eigenvalue weighted by Gasteiger charge is 2.56. The van der Waals surface area contributed by atoms with E-state index in [0.717, 1.165) is 12.8 Å². The molecule has 9 nitrogen and oxygen atoms in total. The van der Waals surface area contributed by atoms with Crippen LogP contribution in [-0.2, 0) is 11.3 Å². The van der Waals surface area contributed by atoms with E-state index in [9.17, 15) is 23.3 Å². The number of imidazole rings is 1. The number of aromatic nitrogens is 2. The molecule has 3 heterocycles. The molecule has 2 aliphatic heterocycles. The predicted octanol–water partition coefficient (Wildman–Crippen LogP) is 3.57. The van der Waals surface area contributed by atoms with Gasteiger partial charge in [0.2, 0.25) is 0 Å². The molecular weight excluding hydrogens is 433 g/mol. The van der Waals surface area contributed by atoms with Crippen molar-refractivity contribution in [1.29, 1.82) is 0 Å². The number of hydrogen-bond acceptors (Lipinski definition) is 7. The van der Waals surface area contributed by atoms with Crippen molar-refractivity contribution in [2.45, 2.75) is 43.7 Å². The number of aryl methyl sites for hydroxylation is 1. The molecule has 1 aromatic heterocycles. The molecule has 2 aliphatic rings. The Hall–Kier alpha value is -3.02. The van der Waals surface area contributed by atoms with Crippen molar-refractivity contribution in [3.05, 3.63) is 40.6 Å². The minimum absolute atomic E-state index is 0.127. The van der Waals surface area contributed by atoms with E-state index in [1.54, 1.807) is 28.8 Å². The maximum absolute atomic E-state index is 13.3. The molecule has 0 amide bonds. The van der Waals surface area contributed by atoms with Crippen LogP contribution >= 0.6 is 0 Å². The second kappa shape index (κ2) is 8.49. The molecule has 0 bridgehead atoms. The normalized spacial score (nSPS) is 20.4. The quantitative estimate of drug-likeness (QED) is 0.485. The molecule has 1 fully saturated rings. The predicted molar refractivity (Wildman–Crippen MR) is 107 cm³/mol. The van der Waals surface area contributed by atoms with E-state index in [4.69, 9.17) is 14.2 Å². The zero-order chi connectivity index (χ0) is 22.9. The van der Waals surface area contributed by atoms with Crippen molar-refractivity contribution < 1.29 is 32.3 Å². The molecule has 174 valence electrons. The van der Waals surface area contributed by atoms with Crippen LogP contribution in [0.15, 0.2) is 30.5 Å². The Bertz CT molecular complexity index is 955. The summed E-state index contributed by atoms with van der Waals surface area (Å²) in [6.07, 6.45) is -2.98. The lowest BCUT2D eigenvalue weighted by atomic mass is 9.90. The van der Waals surface area contributed by atoms with Gasteiger partial charge in [-0.3, -0.25) is 4.57 Å². The Balaban J connectivity index is 1.30. The Kier molecular flexibility index (Phi) is 5.89. The lowest BCUT2D eigenvalue weighted by molar-refractivity contribution is -0.389. The average molecular weight is 456 g/mol. The maximum atomic E-state index is 13.3. The molecule has 0 spiro atoms. The van der Waals surface area contributed by atoms with Crippen molar-refractivity contribution in [1.82, 2.24) is 9.55 Å². The number of piperidine rings is 1. The van der Waals surface area contributed by atoms with E-state index in [1.807, 2.05) is 4.90 Å². The van der Waals surface area contributed by atoms with Gasteiger partial charge < -0.3 is 29.2 Å². The molecule has 0 aliphatic carbocycles. The number of fused-ring (bicyclic) bond motifs is 1. The number of ether oxygens (including phenoxy) is 3. The maximum Gasteiger partial charge on any atom is 0.417 e. The van der Waals surface area contributed by atoms with Crippen LogP contribution in [-0.4, -0.2) is 59.2 Å². The zero-order valence-electron chi connectivity index (χ0n) is 17.4. The molecule has 0 saturated carbocycles. The first kappa shape index (κ1) is 22.2. The number of alkyl halides is 3. The summed E-state index contributed by atoms with van der Waals surface area (Å²) >= 11 is 0. The Morgan fingerprint density at radius 3 is 2.53 bits per heavy atom. The summed E-state index contributed by atoms with van der Waals surface area (Å²) in [5, 5.41) is 10.8. The summed E-state index contributed by atoms with van der Waals surface area (Å²) < 4.78 is 57.9. The minimum Gasteiger partial charge on any atom is -0.490 e. The van der Waals surface area contributed by atoms with Crippen LogP contribution < -0.4 is 14.4 Å². The van der Waals surface area contributed by atoms with Gasteiger partial charge in [-0.25, -0.2) is 0 Å². The fourth-order valence-corrected chi connectivity index (χ4v) is 4.01. The van der Waals surface area contributed by atoms with Crippen LogP contribution in [0.5, 0.6) is 11.8 Å². The van der Waals surface area contributed by atoms with Gasteiger partial charge in [-0.1, -0.05) is 0 Å². The molecule has 1 saturated heterocycles. The summed E-state index contributed by atoms with van der Waals surface area (Å²) in [5.74, 6) is 0.337. The monoisotopic (exact) mass is 456 g/mol. The summed E-state index contributed by atoms with van der Waals surface area (Å²) in [4.78, 5) is 16.0. The van der Waals surface area contributed by atoms with Crippen molar-refractivity contribution in [3.63, 3.8) is 0 Å². The Labute approximate surface area is 181 Å². The van der Waals surface area contributed by atoms with Crippen molar-refractivity contribution in [2.75, 3.05) is 31.7 Å². The lowest BCUT2D eigenvalue weighted by Gasteiger charge is -2.42. The summed E-state index contributed by atoms with van der Waals surface area (Å²) in [6, 6.07) is 7.32. The van der Waals surface area contributed by atoms with Gasteiger partial charge in [-0.05, 0) is 29.2 Å². The van der Waals surface area contributed by atoms with E-state index >= 15 is 0 Å². The van der Waals surface area contributed by atoms with Crippen molar-refractivity contribution >= 4 is 11.5 Å². The third-order valence-corrected chi connectivity index (χ3v) is 5.99. The fraction of sp³-hybridized carbons (Fsp3) is 0.550. The van der Waals surface area contributed by atoms with Gasteiger partial charge in [-0.15, -0.1) is 0 Å². The van der Waals surface area contributed by atoms with Crippen LogP contribution in [0.2, 0.25) is 0 Å². The van der Waals surface area contributed by atoms with Gasteiger partial charge in [-0.2, -0.15) is 13.2 Å². The van der Waals surface area contributed by atoms with Gasteiger partial charge in [0.05, 0.1) is 0 Å². The number of rotatable bonds is 6. The third-order valence-electron chi connectivity index (χ3n) is 5.99. The summed E-state index contributed by atoms with van der Waals surface area (Å²) in [7, 11) is 1.11. The number of anilines is 1. The molecule has 1 aromatic carbocycles. The smallest absolute Gasteiger partial charge is 0.417 e. The van der Waals surface area contributed by atoms with Crippen molar-refractivity contribution in [2.24, 2.45) is 0 Å². The first-order valence-corrected chi connectivity index (χ1v) is 10.2. The van der Waals surface area contributed by atoms with E-state index < -0.39 is 16.7 Å². The average Bonchev–Trinajstić information content (AvgIpc) is 3.21. The van der Waals surface area contributed by atoms with Gasteiger partial charge in [0, 0.05) is 56.7 Å². The number of hydrogen-bond donors (Lipinski definition) is 0. The van der Waals surface area contributed by atoms with E-state index in [-0.39, 0.29) is 50.5 Å². The van der Waals surface area contributed by atoms with Gasteiger partial charge >= 0.3 is 18.0 Å². The summed E-state index contributed by atoms with van der Waals surface area (Å²) in [6.45, 7) is 1.26. The van der Waals surface area contributed by atoms with Crippen molar-refractivity contribution in [3.8, 4) is 11.8 Å². The second-order valence-electron chi connectivity index (χ2n) is 7.85. The first-order chi connectivity index (χ1) is 15.2. The van der Waals surface area contributed by atoms with Crippen LogP contribution in [0.25, 0.3) is 0 Å². The summed E-state index contributed by atoms with van der Waals surface area (Å²) in [5.41, 5.74) is -1.27. The molecular formula is C20H23F3N4O5.